The Balaban J connectivity index is 2.54. The molecule has 98 valence electrons. The maximum Gasteiger partial charge on any atom is 0.325 e. The highest BCUT2D eigenvalue weighted by Crippen LogP contribution is 2.15. The van der Waals surface area contributed by atoms with Gasteiger partial charge in [-0.2, -0.15) is 0 Å². The van der Waals surface area contributed by atoms with E-state index in [-0.39, 0.29) is 6.04 Å². The van der Waals surface area contributed by atoms with Crippen LogP contribution in [0.4, 0.5) is 4.79 Å². The Kier molecular flexibility index (Phi) is 4.97. The molecule has 5 nitrogen and oxygen atoms in total. The molecule has 2 atom stereocenters. The van der Waals surface area contributed by atoms with Gasteiger partial charge in [0.2, 0.25) is 0 Å². The second-order valence-corrected chi connectivity index (χ2v) is 4.39. The van der Waals surface area contributed by atoms with Gasteiger partial charge in [0.05, 0.1) is 6.04 Å². The van der Waals surface area contributed by atoms with Crippen molar-refractivity contribution in [3.05, 3.63) is 34.9 Å². The van der Waals surface area contributed by atoms with E-state index < -0.39 is 18.0 Å². The summed E-state index contributed by atoms with van der Waals surface area (Å²) in [5.74, 6) is -1.08. The smallest absolute Gasteiger partial charge is 0.325 e. The van der Waals surface area contributed by atoms with Gasteiger partial charge < -0.3 is 15.7 Å². The number of amides is 2. The molecule has 6 heteroatoms. The van der Waals surface area contributed by atoms with Gasteiger partial charge in [-0.25, -0.2) is 4.79 Å². The minimum atomic E-state index is -1.08. The zero-order chi connectivity index (χ0) is 13.7. The van der Waals surface area contributed by atoms with Gasteiger partial charge in [-0.15, -0.1) is 0 Å². The molecule has 0 bridgehead atoms. The molecule has 18 heavy (non-hydrogen) atoms. The molecule has 0 saturated heterocycles. The lowest BCUT2D eigenvalue weighted by Gasteiger charge is -2.16. The number of halogens is 1. The zero-order valence-corrected chi connectivity index (χ0v) is 10.9. The first-order chi connectivity index (χ1) is 8.40. The molecule has 0 saturated carbocycles. The van der Waals surface area contributed by atoms with Gasteiger partial charge in [-0.05, 0) is 31.5 Å². The summed E-state index contributed by atoms with van der Waals surface area (Å²) >= 11 is 5.76. The molecule has 0 fully saturated rings. The average molecular weight is 271 g/mol. The Morgan fingerprint density at radius 2 is 1.72 bits per heavy atom. The monoisotopic (exact) mass is 270 g/mol. The number of hydrogen-bond acceptors (Lipinski definition) is 2. The molecule has 0 aromatic heterocycles. The number of hydrogen-bond donors (Lipinski definition) is 3. The number of carboxylic acids is 1. The highest BCUT2D eigenvalue weighted by Gasteiger charge is 2.15. The van der Waals surface area contributed by atoms with Crippen molar-refractivity contribution in [1.82, 2.24) is 10.6 Å². The first-order valence-electron chi connectivity index (χ1n) is 5.45. The minimum Gasteiger partial charge on any atom is -0.480 e. The number of nitrogens with one attached hydrogen (secondary N) is 2. The molecule has 2 amide bonds. The Bertz CT molecular complexity index is 433. The van der Waals surface area contributed by atoms with Gasteiger partial charge in [0.15, 0.2) is 0 Å². The normalized spacial score (nSPS) is 13.5. The molecule has 1 rings (SSSR count). The van der Waals surface area contributed by atoms with Crippen molar-refractivity contribution in [2.24, 2.45) is 0 Å². The SMILES string of the molecule is CC(NC(=O)NC(C)c1ccc(Cl)cc1)C(=O)O. The second kappa shape index (κ2) is 6.26. The van der Waals surface area contributed by atoms with E-state index in [4.69, 9.17) is 16.7 Å². The fraction of sp³-hybridized carbons (Fsp3) is 0.333. The summed E-state index contributed by atoms with van der Waals surface area (Å²) in [6, 6.07) is 5.37. The quantitative estimate of drug-likeness (QED) is 0.785. The van der Waals surface area contributed by atoms with E-state index in [1.807, 2.05) is 0 Å². The summed E-state index contributed by atoms with van der Waals surface area (Å²) in [5, 5.41) is 14.2. The first-order valence-corrected chi connectivity index (χ1v) is 5.83. The van der Waals surface area contributed by atoms with Crippen molar-refractivity contribution in [2.45, 2.75) is 25.9 Å². The molecular weight excluding hydrogens is 256 g/mol. The van der Waals surface area contributed by atoms with Gasteiger partial charge in [-0.1, -0.05) is 23.7 Å². The third-order valence-electron chi connectivity index (χ3n) is 2.44. The van der Waals surface area contributed by atoms with Crippen molar-refractivity contribution in [1.29, 1.82) is 0 Å². The Labute approximate surface area is 110 Å². The number of carboxylic acid groups (broad SMARTS) is 1. The molecular formula is C12H15ClN2O3. The standard InChI is InChI=1S/C12H15ClN2O3/c1-7(9-3-5-10(13)6-4-9)14-12(18)15-8(2)11(16)17/h3-8H,1-2H3,(H,16,17)(H2,14,15,18). The highest BCUT2D eigenvalue weighted by molar-refractivity contribution is 6.30. The Hall–Kier alpha value is -1.75. The van der Waals surface area contributed by atoms with Crippen LogP contribution in [0, 0.1) is 0 Å². The van der Waals surface area contributed by atoms with Gasteiger partial charge in [0, 0.05) is 5.02 Å². The van der Waals surface area contributed by atoms with Crippen LogP contribution in [0.25, 0.3) is 0 Å². The molecule has 3 N–H and O–H groups in total. The number of aliphatic carboxylic acids is 1. The van der Waals surface area contributed by atoms with Crippen molar-refractivity contribution in [3.63, 3.8) is 0 Å². The van der Waals surface area contributed by atoms with Crippen molar-refractivity contribution < 1.29 is 14.7 Å². The first kappa shape index (κ1) is 14.3. The van der Waals surface area contributed by atoms with Crippen LogP contribution in [0.1, 0.15) is 25.5 Å². The lowest BCUT2D eigenvalue weighted by atomic mass is 10.1. The predicted molar refractivity (Wildman–Crippen MR) is 68.6 cm³/mol. The summed E-state index contributed by atoms with van der Waals surface area (Å²) in [6.45, 7) is 3.20. The molecule has 0 spiro atoms. The molecule has 0 aliphatic heterocycles. The van der Waals surface area contributed by atoms with Crippen LogP contribution < -0.4 is 10.6 Å². The van der Waals surface area contributed by atoms with Crippen LogP contribution in [0.5, 0.6) is 0 Å². The largest absolute Gasteiger partial charge is 0.480 e. The lowest BCUT2D eigenvalue weighted by Crippen LogP contribution is -2.45. The number of benzene rings is 1. The summed E-state index contributed by atoms with van der Waals surface area (Å²) in [5.41, 5.74) is 0.887. The minimum absolute atomic E-state index is 0.233. The summed E-state index contributed by atoms with van der Waals surface area (Å²) in [4.78, 5) is 22.1. The van der Waals surface area contributed by atoms with Crippen LogP contribution in [0.2, 0.25) is 5.02 Å². The third kappa shape index (κ3) is 4.25. The van der Waals surface area contributed by atoms with Gasteiger partial charge in [0.1, 0.15) is 6.04 Å². The molecule has 0 radical (unpaired) electrons. The van der Waals surface area contributed by atoms with Gasteiger partial charge >= 0.3 is 12.0 Å². The second-order valence-electron chi connectivity index (χ2n) is 3.95. The Morgan fingerprint density at radius 3 is 2.22 bits per heavy atom. The molecule has 2 unspecified atom stereocenters. The third-order valence-corrected chi connectivity index (χ3v) is 2.69. The van der Waals surface area contributed by atoms with Crippen LogP contribution in [0.15, 0.2) is 24.3 Å². The van der Waals surface area contributed by atoms with Crippen LogP contribution in [-0.4, -0.2) is 23.1 Å². The summed E-state index contributed by atoms with van der Waals surface area (Å²) in [6.07, 6.45) is 0. The molecule has 1 aromatic carbocycles. The van der Waals surface area contributed by atoms with Crippen LogP contribution in [-0.2, 0) is 4.79 Å². The van der Waals surface area contributed by atoms with Crippen LogP contribution >= 0.6 is 11.6 Å². The van der Waals surface area contributed by atoms with Crippen molar-refractivity contribution in [3.8, 4) is 0 Å². The fourth-order valence-electron chi connectivity index (χ4n) is 1.33. The number of carbonyl (C=O) groups excluding carboxylic acids is 1. The molecule has 0 heterocycles. The average Bonchev–Trinajstić information content (AvgIpc) is 2.29. The number of urea groups is 1. The summed E-state index contributed by atoms with van der Waals surface area (Å²) in [7, 11) is 0. The lowest BCUT2D eigenvalue weighted by molar-refractivity contribution is -0.138. The van der Waals surface area contributed by atoms with E-state index in [1.54, 1.807) is 31.2 Å². The van der Waals surface area contributed by atoms with E-state index in [9.17, 15) is 9.59 Å². The molecule has 1 aromatic rings. The molecule has 0 aliphatic rings. The van der Waals surface area contributed by atoms with E-state index in [2.05, 4.69) is 10.6 Å². The van der Waals surface area contributed by atoms with Crippen molar-refractivity contribution in [2.75, 3.05) is 0 Å². The van der Waals surface area contributed by atoms with E-state index in [0.717, 1.165) is 5.56 Å². The zero-order valence-electron chi connectivity index (χ0n) is 10.1. The molecule has 0 aliphatic carbocycles. The maximum atomic E-state index is 11.5. The number of rotatable bonds is 4. The van der Waals surface area contributed by atoms with Crippen LogP contribution in [0.3, 0.4) is 0 Å². The predicted octanol–water partition coefficient (Wildman–Crippen LogP) is 2.17. The van der Waals surface area contributed by atoms with E-state index >= 15 is 0 Å². The van der Waals surface area contributed by atoms with Gasteiger partial charge in [0.25, 0.3) is 0 Å². The van der Waals surface area contributed by atoms with E-state index in [0.29, 0.717) is 5.02 Å². The summed E-state index contributed by atoms with van der Waals surface area (Å²) < 4.78 is 0. The van der Waals surface area contributed by atoms with E-state index in [1.165, 1.54) is 6.92 Å². The topological polar surface area (TPSA) is 78.4 Å². The highest BCUT2D eigenvalue weighted by atomic mass is 35.5. The van der Waals surface area contributed by atoms with Gasteiger partial charge in [-0.3, -0.25) is 4.79 Å². The maximum absolute atomic E-state index is 11.5. The van der Waals surface area contributed by atoms with Crippen molar-refractivity contribution >= 4 is 23.6 Å². The Morgan fingerprint density at radius 1 is 1.17 bits per heavy atom. The fourth-order valence-corrected chi connectivity index (χ4v) is 1.46. The number of carbonyl (C=O) groups is 2.